The minimum Gasteiger partial charge on any atom is -0.363 e. The number of rotatable bonds is 6. The quantitative estimate of drug-likeness (QED) is 0.796. The number of aromatic nitrogens is 1. The zero-order valence-electron chi connectivity index (χ0n) is 12.3. The Labute approximate surface area is 116 Å². The van der Waals surface area contributed by atoms with Crippen LogP contribution >= 0.6 is 0 Å². The molecule has 0 amide bonds. The lowest BCUT2D eigenvalue weighted by Crippen LogP contribution is -2.36. The van der Waals surface area contributed by atoms with E-state index in [2.05, 4.69) is 48.6 Å². The minimum absolute atomic E-state index is 0.128. The zero-order valence-corrected chi connectivity index (χ0v) is 12.3. The van der Waals surface area contributed by atoms with Crippen LogP contribution in [0.5, 0.6) is 0 Å². The normalized spacial score (nSPS) is 15.3. The van der Waals surface area contributed by atoms with Crippen LogP contribution in [0.3, 0.4) is 0 Å². The standard InChI is InChI=1S/C16H25N3/c1-5-10-19(14-6-7-14)15-12-17-9-8-13(15)11-18-16(2,3)4/h5,8-9,12,14,18H,1,6-7,10-11H2,2-4H3. The lowest BCUT2D eigenvalue weighted by molar-refractivity contribution is 0.424. The number of anilines is 1. The van der Waals surface area contributed by atoms with Crippen molar-refractivity contribution in [1.82, 2.24) is 10.3 Å². The smallest absolute Gasteiger partial charge is 0.0603 e. The Bertz CT molecular complexity index is 430. The summed E-state index contributed by atoms with van der Waals surface area (Å²) in [6.07, 6.45) is 8.42. The second kappa shape index (κ2) is 5.74. The first-order chi connectivity index (χ1) is 9.01. The third-order valence-electron chi connectivity index (χ3n) is 3.32. The summed E-state index contributed by atoms with van der Waals surface area (Å²) >= 11 is 0. The van der Waals surface area contributed by atoms with E-state index in [-0.39, 0.29) is 5.54 Å². The summed E-state index contributed by atoms with van der Waals surface area (Å²) in [4.78, 5) is 6.73. The van der Waals surface area contributed by atoms with Gasteiger partial charge in [0.1, 0.15) is 0 Å². The SMILES string of the molecule is C=CCN(c1cnccc1CNC(C)(C)C)C1CC1. The van der Waals surface area contributed by atoms with Gasteiger partial charge in [0.05, 0.1) is 11.9 Å². The minimum atomic E-state index is 0.128. The molecule has 0 aliphatic heterocycles. The second-order valence-corrected chi connectivity index (χ2v) is 6.28. The van der Waals surface area contributed by atoms with Crippen LogP contribution in [-0.2, 0) is 6.54 Å². The fourth-order valence-corrected chi connectivity index (χ4v) is 2.15. The maximum Gasteiger partial charge on any atom is 0.0603 e. The number of hydrogen-bond acceptors (Lipinski definition) is 3. The van der Waals surface area contributed by atoms with Gasteiger partial charge in [0, 0.05) is 30.9 Å². The van der Waals surface area contributed by atoms with Crippen molar-refractivity contribution < 1.29 is 0 Å². The Kier molecular flexibility index (Phi) is 4.25. The van der Waals surface area contributed by atoms with Gasteiger partial charge in [-0.1, -0.05) is 6.08 Å². The molecule has 1 aliphatic carbocycles. The second-order valence-electron chi connectivity index (χ2n) is 6.28. The van der Waals surface area contributed by atoms with Crippen molar-refractivity contribution in [2.75, 3.05) is 11.4 Å². The number of nitrogens with one attached hydrogen (secondary N) is 1. The van der Waals surface area contributed by atoms with Crippen molar-refractivity contribution in [3.8, 4) is 0 Å². The van der Waals surface area contributed by atoms with Gasteiger partial charge in [0.25, 0.3) is 0 Å². The Hall–Kier alpha value is -1.35. The zero-order chi connectivity index (χ0) is 13.9. The first-order valence-electron chi connectivity index (χ1n) is 7.07. The van der Waals surface area contributed by atoms with Gasteiger partial charge in [0.15, 0.2) is 0 Å². The van der Waals surface area contributed by atoms with Gasteiger partial charge in [0.2, 0.25) is 0 Å². The van der Waals surface area contributed by atoms with E-state index in [1.165, 1.54) is 24.1 Å². The summed E-state index contributed by atoms with van der Waals surface area (Å²) in [5.74, 6) is 0. The maximum absolute atomic E-state index is 4.30. The Balaban J connectivity index is 2.16. The molecule has 1 aromatic heterocycles. The van der Waals surface area contributed by atoms with Gasteiger partial charge in [-0.15, -0.1) is 6.58 Å². The molecule has 1 heterocycles. The van der Waals surface area contributed by atoms with Gasteiger partial charge in [-0.2, -0.15) is 0 Å². The summed E-state index contributed by atoms with van der Waals surface area (Å²) in [6, 6.07) is 2.79. The number of pyridine rings is 1. The monoisotopic (exact) mass is 259 g/mol. The van der Waals surface area contributed by atoms with Gasteiger partial charge >= 0.3 is 0 Å². The predicted molar refractivity (Wildman–Crippen MR) is 81.4 cm³/mol. The van der Waals surface area contributed by atoms with Crippen molar-refractivity contribution in [2.24, 2.45) is 0 Å². The molecule has 0 spiro atoms. The largest absolute Gasteiger partial charge is 0.363 e. The van der Waals surface area contributed by atoms with Crippen LogP contribution in [0.25, 0.3) is 0 Å². The molecule has 0 aromatic carbocycles. The molecule has 3 nitrogen and oxygen atoms in total. The van der Waals surface area contributed by atoms with E-state index < -0.39 is 0 Å². The Morgan fingerprint density at radius 3 is 2.79 bits per heavy atom. The van der Waals surface area contributed by atoms with E-state index in [0.717, 1.165) is 13.1 Å². The van der Waals surface area contributed by atoms with Crippen LogP contribution in [0.15, 0.2) is 31.1 Å². The van der Waals surface area contributed by atoms with Crippen molar-refractivity contribution >= 4 is 5.69 Å². The molecule has 0 bridgehead atoms. The molecule has 0 radical (unpaired) electrons. The summed E-state index contributed by atoms with van der Waals surface area (Å²) in [6.45, 7) is 12.2. The highest BCUT2D eigenvalue weighted by Gasteiger charge is 2.29. The fraction of sp³-hybridized carbons (Fsp3) is 0.562. The van der Waals surface area contributed by atoms with Crippen LogP contribution in [0.1, 0.15) is 39.2 Å². The third-order valence-corrected chi connectivity index (χ3v) is 3.32. The van der Waals surface area contributed by atoms with Gasteiger partial charge in [-0.25, -0.2) is 0 Å². The Morgan fingerprint density at radius 1 is 1.47 bits per heavy atom. The predicted octanol–water partition coefficient (Wildman–Crippen LogP) is 3.12. The molecule has 3 heteroatoms. The average molecular weight is 259 g/mol. The lowest BCUT2D eigenvalue weighted by atomic mass is 10.1. The van der Waals surface area contributed by atoms with E-state index in [1.54, 1.807) is 0 Å². The van der Waals surface area contributed by atoms with E-state index >= 15 is 0 Å². The molecule has 1 saturated carbocycles. The van der Waals surface area contributed by atoms with E-state index in [9.17, 15) is 0 Å². The summed E-state index contributed by atoms with van der Waals surface area (Å²) in [7, 11) is 0. The fourth-order valence-electron chi connectivity index (χ4n) is 2.15. The first-order valence-corrected chi connectivity index (χ1v) is 7.07. The molecule has 0 saturated heterocycles. The molecular weight excluding hydrogens is 234 g/mol. The molecule has 1 aliphatic rings. The molecular formula is C16H25N3. The van der Waals surface area contributed by atoms with Gasteiger partial charge in [-0.05, 0) is 45.2 Å². The van der Waals surface area contributed by atoms with Crippen molar-refractivity contribution in [3.05, 3.63) is 36.7 Å². The molecule has 1 fully saturated rings. The Morgan fingerprint density at radius 2 is 2.21 bits per heavy atom. The molecule has 0 atom stereocenters. The molecule has 2 rings (SSSR count). The molecule has 0 unspecified atom stereocenters. The van der Waals surface area contributed by atoms with E-state index in [4.69, 9.17) is 0 Å². The highest BCUT2D eigenvalue weighted by Crippen LogP contribution is 2.33. The van der Waals surface area contributed by atoms with Crippen LogP contribution < -0.4 is 10.2 Å². The number of nitrogens with zero attached hydrogens (tertiary/aromatic N) is 2. The lowest BCUT2D eigenvalue weighted by Gasteiger charge is -2.27. The van der Waals surface area contributed by atoms with Crippen LogP contribution in [-0.4, -0.2) is 23.1 Å². The van der Waals surface area contributed by atoms with Crippen LogP contribution in [0, 0.1) is 0 Å². The van der Waals surface area contributed by atoms with Gasteiger partial charge < -0.3 is 10.2 Å². The average Bonchev–Trinajstić information content (AvgIpc) is 3.17. The summed E-state index contributed by atoms with van der Waals surface area (Å²) < 4.78 is 0. The highest BCUT2D eigenvalue weighted by molar-refractivity contribution is 5.54. The molecule has 104 valence electrons. The highest BCUT2D eigenvalue weighted by atomic mass is 15.2. The van der Waals surface area contributed by atoms with Crippen molar-refractivity contribution in [1.29, 1.82) is 0 Å². The van der Waals surface area contributed by atoms with E-state index in [1.807, 2.05) is 18.5 Å². The van der Waals surface area contributed by atoms with Crippen molar-refractivity contribution in [2.45, 2.75) is 51.7 Å². The van der Waals surface area contributed by atoms with Gasteiger partial charge in [-0.3, -0.25) is 4.98 Å². The number of hydrogen-bond donors (Lipinski definition) is 1. The summed E-state index contributed by atoms with van der Waals surface area (Å²) in [5.41, 5.74) is 2.70. The van der Waals surface area contributed by atoms with Crippen molar-refractivity contribution in [3.63, 3.8) is 0 Å². The first kappa shape index (κ1) is 14.1. The molecule has 1 aromatic rings. The topological polar surface area (TPSA) is 28.2 Å². The summed E-state index contributed by atoms with van der Waals surface area (Å²) in [5, 5.41) is 3.55. The van der Waals surface area contributed by atoms with Crippen LogP contribution in [0.2, 0.25) is 0 Å². The molecule has 1 N–H and O–H groups in total. The van der Waals surface area contributed by atoms with E-state index in [0.29, 0.717) is 6.04 Å². The molecule has 19 heavy (non-hydrogen) atoms. The van der Waals surface area contributed by atoms with Crippen LogP contribution in [0.4, 0.5) is 5.69 Å². The maximum atomic E-state index is 4.30. The third kappa shape index (κ3) is 4.06.